The summed E-state index contributed by atoms with van der Waals surface area (Å²) >= 11 is 0. The van der Waals surface area contributed by atoms with Crippen molar-refractivity contribution in [1.82, 2.24) is 10.2 Å². The van der Waals surface area contributed by atoms with Crippen molar-refractivity contribution < 1.29 is 22.8 Å². The molecule has 7 heteroatoms. The zero-order valence-corrected chi connectivity index (χ0v) is 10.4. The third-order valence-corrected chi connectivity index (χ3v) is 2.89. The van der Waals surface area contributed by atoms with Crippen molar-refractivity contribution in [2.75, 3.05) is 6.54 Å². The number of carbonyl (C=O) groups excluding carboxylic acids is 2. The first kappa shape index (κ1) is 14.8. The highest BCUT2D eigenvalue weighted by atomic mass is 19.4. The Kier molecular flexibility index (Phi) is 4.59. The third-order valence-electron chi connectivity index (χ3n) is 2.89. The lowest BCUT2D eigenvalue weighted by Crippen LogP contribution is -2.62. The van der Waals surface area contributed by atoms with Crippen LogP contribution in [0.5, 0.6) is 0 Å². The second-order valence-electron chi connectivity index (χ2n) is 4.43. The number of hydrogen-bond acceptors (Lipinski definition) is 2. The zero-order valence-electron chi connectivity index (χ0n) is 10.4. The molecule has 0 saturated carbocycles. The Morgan fingerprint density at radius 1 is 1.33 bits per heavy atom. The number of carbonyl (C=O) groups is 2. The number of nitrogens with zero attached hydrogens (tertiary/aromatic N) is 1. The fraction of sp³-hybridized carbons (Fsp3) is 0.818. The van der Waals surface area contributed by atoms with Crippen molar-refractivity contribution in [3.8, 4) is 0 Å². The van der Waals surface area contributed by atoms with Crippen molar-refractivity contribution in [3.63, 3.8) is 0 Å². The minimum absolute atomic E-state index is 0.369. The molecule has 0 bridgehead atoms. The normalized spacial score (nSPS) is 25.3. The maximum absolute atomic E-state index is 12.2. The van der Waals surface area contributed by atoms with Crippen LogP contribution in [0.1, 0.15) is 33.1 Å². The number of piperazine rings is 1. The quantitative estimate of drug-likeness (QED) is 0.837. The Balaban J connectivity index is 2.78. The molecule has 1 saturated heterocycles. The standard InChI is InChI=1S/C11H17F3N2O2/c1-3-4-8-9(17)15-7(2)10(18)16(8)6-5-11(12,13)14/h7-8H,3-6H2,1-2H3,(H,15,17). The molecular formula is C11H17F3N2O2. The van der Waals surface area contributed by atoms with Gasteiger partial charge in [-0.15, -0.1) is 0 Å². The van der Waals surface area contributed by atoms with Crippen LogP contribution in [-0.4, -0.2) is 41.5 Å². The van der Waals surface area contributed by atoms with E-state index in [0.29, 0.717) is 12.8 Å². The summed E-state index contributed by atoms with van der Waals surface area (Å²) in [6.07, 6.45) is -4.41. The molecule has 4 nitrogen and oxygen atoms in total. The molecule has 1 heterocycles. The first-order chi connectivity index (χ1) is 8.26. The summed E-state index contributed by atoms with van der Waals surface area (Å²) in [6, 6.07) is -1.53. The average Bonchev–Trinajstić information content (AvgIpc) is 2.24. The Hall–Kier alpha value is -1.27. The molecule has 2 unspecified atom stereocenters. The van der Waals surface area contributed by atoms with Crippen LogP contribution in [0.2, 0.25) is 0 Å². The monoisotopic (exact) mass is 266 g/mol. The van der Waals surface area contributed by atoms with E-state index in [1.54, 1.807) is 0 Å². The predicted molar refractivity (Wildman–Crippen MR) is 58.7 cm³/mol. The number of amides is 2. The van der Waals surface area contributed by atoms with Gasteiger partial charge in [-0.05, 0) is 13.3 Å². The van der Waals surface area contributed by atoms with Gasteiger partial charge >= 0.3 is 6.18 Å². The first-order valence-corrected chi connectivity index (χ1v) is 5.94. The number of alkyl halides is 3. The second-order valence-corrected chi connectivity index (χ2v) is 4.43. The number of halogens is 3. The molecule has 0 aliphatic carbocycles. The van der Waals surface area contributed by atoms with Gasteiger partial charge in [0.25, 0.3) is 0 Å². The van der Waals surface area contributed by atoms with E-state index in [1.807, 2.05) is 6.92 Å². The summed E-state index contributed by atoms with van der Waals surface area (Å²) in [5.74, 6) is -0.816. The summed E-state index contributed by atoms with van der Waals surface area (Å²) in [5.41, 5.74) is 0. The fourth-order valence-corrected chi connectivity index (χ4v) is 1.99. The number of rotatable bonds is 4. The van der Waals surface area contributed by atoms with Gasteiger partial charge in [-0.2, -0.15) is 13.2 Å². The van der Waals surface area contributed by atoms with Gasteiger partial charge < -0.3 is 10.2 Å². The Bertz CT molecular complexity index is 331. The molecule has 2 atom stereocenters. The maximum atomic E-state index is 12.2. The van der Waals surface area contributed by atoms with Gasteiger partial charge in [0.15, 0.2) is 0 Å². The molecule has 0 aromatic heterocycles. The van der Waals surface area contributed by atoms with Crippen LogP contribution in [0.4, 0.5) is 13.2 Å². The maximum Gasteiger partial charge on any atom is 0.390 e. The molecule has 1 aliphatic heterocycles. The molecule has 1 rings (SSSR count). The number of nitrogens with one attached hydrogen (secondary N) is 1. The fourth-order valence-electron chi connectivity index (χ4n) is 1.99. The van der Waals surface area contributed by atoms with Gasteiger partial charge in [0, 0.05) is 6.54 Å². The van der Waals surface area contributed by atoms with Gasteiger partial charge in [0.05, 0.1) is 6.42 Å². The summed E-state index contributed by atoms with van der Waals surface area (Å²) in [5, 5.41) is 2.48. The number of hydrogen-bond donors (Lipinski definition) is 1. The van der Waals surface area contributed by atoms with Crippen LogP contribution in [-0.2, 0) is 9.59 Å². The van der Waals surface area contributed by atoms with E-state index in [2.05, 4.69) is 5.32 Å². The lowest BCUT2D eigenvalue weighted by atomic mass is 10.0. The molecule has 0 radical (unpaired) electrons. The van der Waals surface area contributed by atoms with E-state index in [-0.39, 0.29) is 5.91 Å². The molecule has 0 spiro atoms. The first-order valence-electron chi connectivity index (χ1n) is 5.94. The smallest absolute Gasteiger partial charge is 0.343 e. The van der Waals surface area contributed by atoms with Crippen LogP contribution >= 0.6 is 0 Å². The van der Waals surface area contributed by atoms with E-state index >= 15 is 0 Å². The topological polar surface area (TPSA) is 49.4 Å². The molecule has 1 N–H and O–H groups in total. The summed E-state index contributed by atoms with van der Waals surface area (Å²) in [4.78, 5) is 24.6. The highest BCUT2D eigenvalue weighted by molar-refractivity contribution is 5.96. The van der Waals surface area contributed by atoms with Crippen molar-refractivity contribution >= 4 is 11.8 Å². The molecule has 0 aromatic rings. The Morgan fingerprint density at radius 3 is 2.44 bits per heavy atom. The van der Waals surface area contributed by atoms with E-state index < -0.39 is 37.1 Å². The van der Waals surface area contributed by atoms with Crippen molar-refractivity contribution in [1.29, 1.82) is 0 Å². The summed E-state index contributed by atoms with van der Waals surface area (Å²) in [7, 11) is 0. The van der Waals surface area contributed by atoms with Crippen LogP contribution in [0.25, 0.3) is 0 Å². The van der Waals surface area contributed by atoms with Gasteiger partial charge in [-0.1, -0.05) is 13.3 Å². The second kappa shape index (κ2) is 5.58. The van der Waals surface area contributed by atoms with E-state index in [1.165, 1.54) is 6.92 Å². The highest BCUT2D eigenvalue weighted by Gasteiger charge is 2.39. The molecule has 0 aromatic carbocycles. The van der Waals surface area contributed by atoms with Gasteiger partial charge in [0.1, 0.15) is 12.1 Å². The molecule has 104 valence electrons. The Morgan fingerprint density at radius 2 is 1.94 bits per heavy atom. The van der Waals surface area contributed by atoms with Gasteiger partial charge in [-0.25, -0.2) is 0 Å². The van der Waals surface area contributed by atoms with Crippen LogP contribution in [0, 0.1) is 0 Å². The molecule has 1 aliphatic rings. The SMILES string of the molecule is CCCC1C(=O)NC(C)C(=O)N1CCC(F)(F)F. The highest BCUT2D eigenvalue weighted by Crippen LogP contribution is 2.22. The lowest BCUT2D eigenvalue weighted by Gasteiger charge is -2.38. The predicted octanol–water partition coefficient (Wildman–Crippen LogP) is 1.45. The minimum atomic E-state index is -4.33. The van der Waals surface area contributed by atoms with Crippen molar-refractivity contribution in [2.45, 2.75) is 51.4 Å². The molecule has 18 heavy (non-hydrogen) atoms. The van der Waals surface area contributed by atoms with E-state index in [9.17, 15) is 22.8 Å². The van der Waals surface area contributed by atoms with E-state index in [0.717, 1.165) is 4.90 Å². The molecular weight excluding hydrogens is 249 g/mol. The van der Waals surface area contributed by atoms with E-state index in [4.69, 9.17) is 0 Å². The molecule has 1 fully saturated rings. The third kappa shape index (κ3) is 3.61. The minimum Gasteiger partial charge on any atom is -0.343 e. The van der Waals surface area contributed by atoms with Gasteiger partial charge in [0.2, 0.25) is 11.8 Å². The van der Waals surface area contributed by atoms with Crippen molar-refractivity contribution in [2.24, 2.45) is 0 Å². The van der Waals surface area contributed by atoms with Crippen molar-refractivity contribution in [3.05, 3.63) is 0 Å². The summed E-state index contributed by atoms with van der Waals surface area (Å²) < 4.78 is 36.6. The largest absolute Gasteiger partial charge is 0.390 e. The zero-order chi connectivity index (χ0) is 13.9. The lowest BCUT2D eigenvalue weighted by molar-refractivity contribution is -0.157. The summed E-state index contributed by atoms with van der Waals surface area (Å²) in [6.45, 7) is 2.84. The van der Waals surface area contributed by atoms with Crippen LogP contribution in [0.3, 0.4) is 0 Å². The molecule has 2 amide bonds. The van der Waals surface area contributed by atoms with Crippen LogP contribution in [0.15, 0.2) is 0 Å². The van der Waals surface area contributed by atoms with Gasteiger partial charge in [-0.3, -0.25) is 9.59 Å². The average molecular weight is 266 g/mol. The van der Waals surface area contributed by atoms with Crippen LogP contribution < -0.4 is 5.32 Å². The Labute approximate surface area is 104 Å².